The van der Waals surface area contributed by atoms with E-state index in [9.17, 15) is 0 Å². The van der Waals surface area contributed by atoms with Crippen molar-refractivity contribution in [2.24, 2.45) is 0 Å². The Hall–Kier alpha value is -1.07. The molecule has 1 rings (SSSR count). The van der Waals surface area contributed by atoms with Gasteiger partial charge in [0.25, 0.3) is 0 Å². The van der Waals surface area contributed by atoms with Gasteiger partial charge in [-0.1, -0.05) is 6.92 Å². The molecule has 1 aromatic rings. The van der Waals surface area contributed by atoms with Crippen molar-refractivity contribution in [2.45, 2.75) is 19.4 Å². The maximum absolute atomic E-state index is 5.20. The summed E-state index contributed by atoms with van der Waals surface area (Å²) in [5.74, 6) is 0.876. The van der Waals surface area contributed by atoms with E-state index >= 15 is 0 Å². The fourth-order valence-electron chi connectivity index (χ4n) is 1.60. The van der Waals surface area contributed by atoms with Crippen molar-refractivity contribution in [3.8, 4) is 0 Å². The summed E-state index contributed by atoms with van der Waals surface area (Å²) in [4.78, 5) is 4.28. The molecule has 0 spiro atoms. The summed E-state index contributed by atoms with van der Waals surface area (Å²) in [7, 11) is 3.41. The summed E-state index contributed by atoms with van der Waals surface area (Å²) in [5.41, 5.74) is 0. The van der Waals surface area contributed by atoms with Crippen molar-refractivity contribution in [2.75, 3.05) is 39.3 Å². The predicted octanol–water partition coefficient (Wildman–Crippen LogP) is 1.54. The van der Waals surface area contributed by atoms with Gasteiger partial charge in [-0.05, 0) is 6.42 Å². The Kier molecular flexibility index (Phi) is 5.88. The third kappa shape index (κ3) is 3.50. The molecule has 1 heterocycles. The molecule has 0 aliphatic carbocycles. The molecule has 0 amide bonds. The van der Waals surface area contributed by atoms with Gasteiger partial charge >= 0.3 is 0 Å². The number of aromatic nitrogens is 2. The lowest BCUT2D eigenvalue weighted by Crippen LogP contribution is -2.18. The molecule has 0 aromatic carbocycles. The molecule has 5 nitrogen and oxygen atoms in total. The lowest BCUT2D eigenvalue weighted by molar-refractivity contribution is 0.154. The zero-order valence-corrected chi connectivity index (χ0v) is 10.3. The molecule has 0 saturated carbocycles. The molecule has 0 radical (unpaired) electrons. The number of anilines is 1. The minimum atomic E-state index is 0.331. The van der Waals surface area contributed by atoms with Crippen LogP contribution >= 0.6 is 0 Å². The van der Waals surface area contributed by atoms with Gasteiger partial charge in [-0.15, -0.1) is 0 Å². The minimum absolute atomic E-state index is 0.331. The molecule has 1 atom stereocenters. The average molecular weight is 227 g/mol. The summed E-state index contributed by atoms with van der Waals surface area (Å²) in [5, 5.41) is 3.24. The van der Waals surface area contributed by atoms with Gasteiger partial charge in [-0.3, -0.25) is 0 Å². The van der Waals surface area contributed by atoms with Crippen molar-refractivity contribution in [3.05, 3.63) is 12.4 Å². The van der Waals surface area contributed by atoms with Gasteiger partial charge in [0.1, 0.15) is 0 Å². The minimum Gasteiger partial charge on any atom is -0.383 e. The highest BCUT2D eigenvalue weighted by Crippen LogP contribution is 2.17. The Morgan fingerprint density at radius 3 is 2.88 bits per heavy atom. The van der Waals surface area contributed by atoms with E-state index < -0.39 is 0 Å². The number of ether oxygens (including phenoxy) is 2. The number of hydrogen-bond acceptors (Lipinski definition) is 4. The molecule has 92 valence electrons. The normalized spacial score (nSPS) is 12.7. The topological polar surface area (TPSA) is 48.3 Å². The summed E-state index contributed by atoms with van der Waals surface area (Å²) in [6.07, 6.45) is 4.79. The van der Waals surface area contributed by atoms with E-state index in [0.29, 0.717) is 19.3 Å². The molecule has 0 saturated heterocycles. The van der Waals surface area contributed by atoms with Gasteiger partial charge in [0.2, 0.25) is 5.95 Å². The van der Waals surface area contributed by atoms with Gasteiger partial charge in [0.15, 0.2) is 0 Å². The molecule has 0 fully saturated rings. The van der Waals surface area contributed by atoms with Crippen LogP contribution < -0.4 is 5.32 Å². The van der Waals surface area contributed by atoms with Gasteiger partial charge in [0.05, 0.1) is 19.3 Å². The SMILES string of the molecule is CCC(COC)n1ccnc1NCCOC. The van der Waals surface area contributed by atoms with E-state index in [1.165, 1.54) is 0 Å². The van der Waals surface area contributed by atoms with Gasteiger partial charge in [-0.25, -0.2) is 4.98 Å². The molecule has 1 N–H and O–H groups in total. The average Bonchev–Trinajstić information content (AvgIpc) is 2.74. The van der Waals surface area contributed by atoms with E-state index in [1.807, 2.05) is 6.20 Å². The van der Waals surface area contributed by atoms with E-state index in [0.717, 1.165) is 18.9 Å². The first-order valence-corrected chi connectivity index (χ1v) is 5.58. The van der Waals surface area contributed by atoms with Crippen LogP contribution in [0.25, 0.3) is 0 Å². The van der Waals surface area contributed by atoms with Crippen LogP contribution in [-0.4, -0.2) is 43.5 Å². The molecule has 0 bridgehead atoms. The van der Waals surface area contributed by atoms with Crippen LogP contribution in [0.15, 0.2) is 12.4 Å². The first-order valence-electron chi connectivity index (χ1n) is 5.58. The van der Waals surface area contributed by atoms with Crippen LogP contribution in [0.1, 0.15) is 19.4 Å². The highest BCUT2D eigenvalue weighted by atomic mass is 16.5. The highest BCUT2D eigenvalue weighted by molar-refractivity contribution is 5.26. The van der Waals surface area contributed by atoms with Gasteiger partial charge in [-0.2, -0.15) is 0 Å². The summed E-state index contributed by atoms with van der Waals surface area (Å²) in [6.45, 7) is 4.28. The summed E-state index contributed by atoms with van der Waals surface area (Å²) >= 11 is 0. The van der Waals surface area contributed by atoms with Crippen LogP contribution in [-0.2, 0) is 9.47 Å². The fraction of sp³-hybridized carbons (Fsp3) is 0.727. The molecular weight excluding hydrogens is 206 g/mol. The number of imidazole rings is 1. The fourth-order valence-corrected chi connectivity index (χ4v) is 1.60. The maximum Gasteiger partial charge on any atom is 0.203 e. The number of methoxy groups -OCH3 is 2. The second kappa shape index (κ2) is 7.24. The molecule has 1 unspecified atom stereocenters. The van der Waals surface area contributed by atoms with Crippen molar-refractivity contribution >= 4 is 5.95 Å². The van der Waals surface area contributed by atoms with E-state index in [-0.39, 0.29) is 0 Å². The summed E-state index contributed by atoms with van der Waals surface area (Å²) in [6, 6.07) is 0.331. The quantitative estimate of drug-likeness (QED) is 0.684. The van der Waals surface area contributed by atoms with E-state index in [2.05, 4.69) is 21.8 Å². The van der Waals surface area contributed by atoms with Gasteiger partial charge < -0.3 is 19.4 Å². The zero-order valence-electron chi connectivity index (χ0n) is 10.3. The third-order valence-corrected chi connectivity index (χ3v) is 2.48. The van der Waals surface area contributed by atoms with Crippen LogP contribution in [0.3, 0.4) is 0 Å². The molecule has 16 heavy (non-hydrogen) atoms. The van der Waals surface area contributed by atoms with Crippen molar-refractivity contribution in [1.29, 1.82) is 0 Å². The van der Waals surface area contributed by atoms with E-state index in [4.69, 9.17) is 9.47 Å². The van der Waals surface area contributed by atoms with Crippen LogP contribution in [0.5, 0.6) is 0 Å². The summed E-state index contributed by atoms with van der Waals surface area (Å²) < 4.78 is 12.3. The van der Waals surface area contributed by atoms with Gasteiger partial charge in [0, 0.05) is 33.2 Å². The Bertz CT molecular complexity index is 289. The number of rotatable bonds is 8. The standard InChI is InChI=1S/C11H21N3O2/c1-4-10(9-16-3)14-7-5-12-11(14)13-6-8-15-2/h5,7,10H,4,6,8-9H2,1-3H3,(H,12,13). The molecule has 0 aliphatic heterocycles. The smallest absolute Gasteiger partial charge is 0.203 e. The molecule has 5 heteroatoms. The number of nitrogens with zero attached hydrogens (tertiary/aromatic N) is 2. The monoisotopic (exact) mass is 227 g/mol. The third-order valence-electron chi connectivity index (χ3n) is 2.48. The number of nitrogens with one attached hydrogen (secondary N) is 1. The second-order valence-corrected chi connectivity index (χ2v) is 3.60. The first-order chi connectivity index (χ1) is 7.83. The molecule has 1 aromatic heterocycles. The Morgan fingerprint density at radius 2 is 2.25 bits per heavy atom. The maximum atomic E-state index is 5.20. The van der Waals surface area contributed by atoms with Crippen LogP contribution in [0, 0.1) is 0 Å². The second-order valence-electron chi connectivity index (χ2n) is 3.60. The van der Waals surface area contributed by atoms with Crippen molar-refractivity contribution in [3.63, 3.8) is 0 Å². The first kappa shape index (κ1) is 13.0. The predicted molar refractivity (Wildman–Crippen MR) is 63.8 cm³/mol. The number of hydrogen-bond donors (Lipinski definition) is 1. The van der Waals surface area contributed by atoms with Crippen LogP contribution in [0.2, 0.25) is 0 Å². The van der Waals surface area contributed by atoms with Crippen molar-refractivity contribution < 1.29 is 9.47 Å². The van der Waals surface area contributed by atoms with Crippen molar-refractivity contribution in [1.82, 2.24) is 9.55 Å². The zero-order chi connectivity index (χ0) is 11.8. The van der Waals surface area contributed by atoms with Crippen LogP contribution in [0.4, 0.5) is 5.95 Å². The largest absolute Gasteiger partial charge is 0.383 e. The molecule has 0 aliphatic rings. The van der Waals surface area contributed by atoms with E-state index in [1.54, 1.807) is 20.4 Å². The Morgan fingerprint density at radius 1 is 1.44 bits per heavy atom. The Labute approximate surface area is 96.8 Å². The molecular formula is C11H21N3O2. The Balaban J connectivity index is 2.60. The lowest BCUT2D eigenvalue weighted by atomic mass is 10.2. The highest BCUT2D eigenvalue weighted by Gasteiger charge is 2.11. The lowest BCUT2D eigenvalue weighted by Gasteiger charge is -2.18.